The van der Waals surface area contributed by atoms with Crippen molar-refractivity contribution in [3.8, 4) is 0 Å². The van der Waals surface area contributed by atoms with Crippen molar-refractivity contribution in [2.24, 2.45) is 11.8 Å². The van der Waals surface area contributed by atoms with Crippen molar-refractivity contribution in [2.45, 2.75) is 39.7 Å². The van der Waals surface area contributed by atoms with E-state index in [2.05, 4.69) is 23.7 Å². The number of aliphatic hydroxyl groups is 1. The Morgan fingerprint density at radius 2 is 2.00 bits per heavy atom. The molecule has 0 aromatic carbocycles. The zero-order valence-corrected chi connectivity index (χ0v) is 11.7. The van der Waals surface area contributed by atoms with Crippen molar-refractivity contribution >= 4 is 16.5 Å². The summed E-state index contributed by atoms with van der Waals surface area (Å²) in [6.45, 7) is 8.61. The number of aromatic nitrogens is 1. The van der Waals surface area contributed by atoms with E-state index in [0.29, 0.717) is 0 Å². The monoisotopic (exact) mass is 254 g/mol. The van der Waals surface area contributed by atoms with Gasteiger partial charge in [0.15, 0.2) is 5.13 Å². The summed E-state index contributed by atoms with van der Waals surface area (Å²) in [5.41, 5.74) is 0.802. The lowest BCUT2D eigenvalue weighted by Crippen LogP contribution is -2.35. The highest BCUT2D eigenvalue weighted by Gasteiger charge is 2.23. The molecule has 17 heavy (non-hydrogen) atoms. The lowest BCUT2D eigenvalue weighted by Gasteiger charge is -2.33. The molecular weight excluding hydrogens is 232 g/mol. The Hall–Kier alpha value is -0.610. The van der Waals surface area contributed by atoms with Crippen molar-refractivity contribution in [1.82, 2.24) is 4.98 Å². The average Bonchev–Trinajstić information content (AvgIpc) is 2.78. The second kappa shape index (κ2) is 5.36. The molecule has 0 amide bonds. The fourth-order valence-electron chi connectivity index (χ4n) is 2.37. The number of aliphatic hydroxyl groups excluding tert-OH is 1. The molecule has 1 aromatic rings. The van der Waals surface area contributed by atoms with Crippen LogP contribution in [0, 0.1) is 11.8 Å². The molecule has 0 aliphatic carbocycles. The van der Waals surface area contributed by atoms with Crippen LogP contribution in [0.4, 0.5) is 5.13 Å². The zero-order valence-electron chi connectivity index (χ0n) is 10.9. The van der Waals surface area contributed by atoms with Crippen LogP contribution in [-0.2, 0) is 0 Å². The van der Waals surface area contributed by atoms with E-state index in [1.807, 2.05) is 5.38 Å². The predicted octanol–water partition coefficient (Wildman–Crippen LogP) is 3.07. The van der Waals surface area contributed by atoms with Gasteiger partial charge in [0.2, 0.25) is 0 Å². The van der Waals surface area contributed by atoms with Gasteiger partial charge in [-0.3, -0.25) is 0 Å². The van der Waals surface area contributed by atoms with Gasteiger partial charge in [0.1, 0.15) is 0 Å². The molecule has 1 aliphatic rings. The minimum Gasteiger partial charge on any atom is -0.387 e. The molecule has 1 saturated heterocycles. The standard InChI is InChI=1S/C13H22N2OS/c1-9(2)11-4-6-15(7-5-11)13-14-12(8-17-13)10(3)16/h8-11,16H,4-7H2,1-3H3. The molecule has 1 fully saturated rings. The van der Waals surface area contributed by atoms with Crippen LogP contribution < -0.4 is 4.90 Å². The van der Waals surface area contributed by atoms with Crippen LogP contribution in [0.2, 0.25) is 0 Å². The van der Waals surface area contributed by atoms with E-state index in [4.69, 9.17) is 0 Å². The van der Waals surface area contributed by atoms with Crippen molar-refractivity contribution in [1.29, 1.82) is 0 Å². The third-order valence-electron chi connectivity index (χ3n) is 3.69. The maximum Gasteiger partial charge on any atom is 0.185 e. The van der Waals surface area contributed by atoms with Gasteiger partial charge in [-0.2, -0.15) is 0 Å². The SMILES string of the molecule is CC(O)c1csc(N2CCC(C(C)C)CC2)n1. The van der Waals surface area contributed by atoms with E-state index in [9.17, 15) is 5.11 Å². The van der Waals surface area contributed by atoms with Crippen molar-refractivity contribution in [3.63, 3.8) is 0 Å². The zero-order chi connectivity index (χ0) is 12.4. The maximum atomic E-state index is 9.48. The number of thiazole rings is 1. The van der Waals surface area contributed by atoms with E-state index >= 15 is 0 Å². The Morgan fingerprint density at radius 3 is 2.47 bits per heavy atom. The largest absolute Gasteiger partial charge is 0.387 e. The highest BCUT2D eigenvalue weighted by molar-refractivity contribution is 7.13. The van der Waals surface area contributed by atoms with E-state index < -0.39 is 6.10 Å². The topological polar surface area (TPSA) is 36.4 Å². The Labute approximate surface area is 107 Å². The van der Waals surface area contributed by atoms with Crippen LogP contribution in [0.15, 0.2) is 5.38 Å². The van der Waals surface area contributed by atoms with Gasteiger partial charge in [-0.05, 0) is 31.6 Å². The smallest absolute Gasteiger partial charge is 0.185 e. The lowest BCUT2D eigenvalue weighted by atomic mass is 9.87. The molecule has 1 atom stereocenters. The average molecular weight is 254 g/mol. The Morgan fingerprint density at radius 1 is 1.35 bits per heavy atom. The second-order valence-corrected chi connectivity index (χ2v) is 6.14. The van der Waals surface area contributed by atoms with Crippen LogP contribution in [0.1, 0.15) is 45.4 Å². The third kappa shape index (κ3) is 2.99. The number of anilines is 1. The summed E-state index contributed by atoms with van der Waals surface area (Å²) in [6, 6.07) is 0. The normalized spacial score (nSPS) is 19.9. The molecule has 0 bridgehead atoms. The highest BCUT2D eigenvalue weighted by atomic mass is 32.1. The number of hydrogen-bond donors (Lipinski definition) is 1. The molecule has 0 spiro atoms. The lowest BCUT2D eigenvalue weighted by molar-refractivity contribution is 0.195. The van der Waals surface area contributed by atoms with Gasteiger partial charge in [-0.1, -0.05) is 13.8 Å². The number of rotatable bonds is 3. The van der Waals surface area contributed by atoms with Crippen LogP contribution in [0.25, 0.3) is 0 Å². The molecule has 1 aromatic heterocycles. The van der Waals surface area contributed by atoms with Crippen molar-refractivity contribution < 1.29 is 5.11 Å². The Balaban J connectivity index is 1.96. The van der Waals surface area contributed by atoms with Gasteiger partial charge in [0, 0.05) is 18.5 Å². The molecule has 2 heterocycles. The van der Waals surface area contributed by atoms with Crippen LogP contribution in [0.3, 0.4) is 0 Å². The summed E-state index contributed by atoms with van der Waals surface area (Å²) in [7, 11) is 0. The first-order chi connectivity index (χ1) is 8.08. The molecule has 1 N–H and O–H groups in total. The minimum absolute atomic E-state index is 0.451. The van der Waals surface area contributed by atoms with Crippen LogP contribution in [-0.4, -0.2) is 23.2 Å². The van der Waals surface area contributed by atoms with Crippen LogP contribution in [0.5, 0.6) is 0 Å². The summed E-state index contributed by atoms with van der Waals surface area (Å²) >= 11 is 1.65. The molecule has 3 nitrogen and oxygen atoms in total. The molecule has 1 aliphatic heterocycles. The first kappa shape index (κ1) is 12.8. The first-order valence-electron chi connectivity index (χ1n) is 6.46. The van der Waals surface area contributed by atoms with E-state index in [1.54, 1.807) is 18.3 Å². The van der Waals surface area contributed by atoms with Gasteiger partial charge in [0.25, 0.3) is 0 Å². The first-order valence-corrected chi connectivity index (χ1v) is 7.34. The summed E-state index contributed by atoms with van der Waals surface area (Å²) in [4.78, 5) is 6.85. The van der Waals surface area contributed by atoms with Crippen LogP contribution >= 0.6 is 11.3 Å². The quantitative estimate of drug-likeness (QED) is 0.900. The van der Waals surface area contributed by atoms with Gasteiger partial charge in [0.05, 0.1) is 11.8 Å². The van der Waals surface area contributed by atoms with E-state index in [-0.39, 0.29) is 0 Å². The van der Waals surface area contributed by atoms with E-state index in [0.717, 1.165) is 35.8 Å². The summed E-state index contributed by atoms with van der Waals surface area (Å²) < 4.78 is 0. The third-order valence-corrected chi connectivity index (χ3v) is 4.61. The fraction of sp³-hybridized carbons (Fsp3) is 0.769. The highest BCUT2D eigenvalue weighted by Crippen LogP contribution is 2.30. The summed E-state index contributed by atoms with van der Waals surface area (Å²) in [5, 5.41) is 12.5. The number of hydrogen-bond acceptors (Lipinski definition) is 4. The molecule has 2 rings (SSSR count). The molecular formula is C13H22N2OS. The fourth-order valence-corrected chi connectivity index (χ4v) is 3.34. The van der Waals surface area contributed by atoms with Crippen molar-refractivity contribution in [2.75, 3.05) is 18.0 Å². The number of piperidine rings is 1. The summed E-state index contributed by atoms with van der Waals surface area (Å²) in [6.07, 6.45) is 2.08. The second-order valence-electron chi connectivity index (χ2n) is 5.30. The Bertz CT molecular complexity index is 354. The van der Waals surface area contributed by atoms with E-state index in [1.165, 1.54) is 12.8 Å². The minimum atomic E-state index is -0.451. The van der Waals surface area contributed by atoms with Gasteiger partial charge < -0.3 is 10.0 Å². The van der Waals surface area contributed by atoms with Gasteiger partial charge in [-0.25, -0.2) is 4.98 Å². The molecule has 4 heteroatoms. The molecule has 0 radical (unpaired) electrons. The van der Waals surface area contributed by atoms with Crippen molar-refractivity contribution in [3.05, 3.63) is 11.1 Å². The summed E-state index contributed by atoms with van der Waals surface area (Å²) in [5.74, 6) is 1.66. The maximum absolute atomic E-state index is 9.48. The molecule has 96 valence electrons. The Kier molecular flexibility index (Phi) is 4.05. The molecule has 0 saturated carbocycles. The number of nitrogens with zero attached hydrogens (tertiary/aromatic N) is 2. The van der Waals surface area contributed by atoms with Gasteiger partial charge in [-0.15, -0.1) is 11.3 Å². The van der Waals surface area contributed by atoms with Gasteiger partial charge >= 0.3 is 0 Å². The predicted molar refractivity (Wildman–Crippen MR) is 72.5 cm³/mol. The molecule has 1 unspecified atom stereocenters.